The van der Waals surface area contributed by atoms with Gasteiger partial charge in [0.1, 0.15) is 0 Å². The topological polar surface area (TPSA) is 46.2 Å². The third kappa shape index (κ3) is 3.64. The molecule has 6 heteroatoms. The first-order valence-corrected chi connectivity index (χ1v) is 12.2. The highest BCUT2D eigenvalue weighted by atomic mass is 19.4. The number of ketones is 1. The van der Waals surface area contributed by atoms with Gasteiger partial charge in [0.2, 0.25) is 5.91 Å². The monoisotopic (exact) mass is 459 g/mol. The minimum Gasteiger partial charge on any atom is -0.326 e. The zero-order valence-electron chi connectivity index (χ0n) is 19.3. The number of hydrogen-bond donors (Lipinski definition) is 1. The molecule has 1 aromatic rings. The van der Waals surface area contributed by atoms with E-state index in [0.29, 0.717) is 24.2 Å². The molecule has 1 N–H and O–H groups in total. The van der Waals surface area contributed by atoms with E-state index in [2.05, 4.69) is 19.2 Å². The first kappa shape index (κ1) is 22.7. The van der Waals surface area contributed by atoms with Crippen molar-refractivity contribution in [3.8, 4) is 0 Å². The molecule has 0 aromatic heterocycles. The SMILES string of the molecule is C[C@]12CCC(=O)C=C1CC[C@@H]1[C@H]2CC[C@]2(C)C(C(=O)Nc3cccc(C(F)(F)F)c3)CC[C@@H]12. The Kier molecular flexibility index (Phi) is 5.30. The lowest BCUT2D eigenvalue weighted by Gasteiger charge is -2.58. The molecule has 1 aromatic carbocycles. The van der Waals surface area contributed by atoms with Crippen molar-refractivity contribution in [1.82, 2.24) is 0 Å². The number of allylic oxidation sites excluding steroid dienone is 1. The molecule has 4 aliphatic rings. The lowest BCUT2D eigenvalue weighted by atomic mass is 9.47. The van der Waals surface area contributed by atoms with Crippen LogP contribution in [0.4, 0.5) is 18.9 Å². The second-order valence-electron chi connectivity index (χ2n) is 11.2. The molecule has 1 amide bonds. The Balaban J connectivity index is 1.35. The molecular weight excluding hydrogens is 427 g/mol. The summed E-state index contributed by atoms with van der Waals surface area (Å²) in [6.45, 7) is 4.58. The molecule has 6 atom stereocenters. The zero-order chi connectivity index (χ0) is 23.6. The molecule has 33 heavy (non-hydrogen) atoms. The highest BCUT2D eigenvalue weighted by Crippen LogP contribution is 2.66. The van der Waals surface area contributed by atoms with E-state index in [1.165, 1.54) is 17.7 Å². The van der Waals surface area contributed by atoms with Crippen LogP contribution in [0.5, 0.6) is 0 Å². The Morgan fingerprint density at radius 3 is 2.58 bits per heavy atom. The van der Waals surface area contributed by atoms with Crippen LogP contribution in [0.1, 0.15) is 70.8 Å². The van der Waals surface area contributed by atoms with Crippen LogP contribution in [0.25, 0.3) is 0 Å². The average molecular weight is 460 g/mol. The number of carbonyl (C=O) groups is 2. The van der Waals surface area contributed by atoms with Crippen molar-refractivity contribution in [1.29, 1.82) is 0 Å². The van der Waals surface area contributed by atoms with Gasteiger partial charge in [0.25, 0.3) is 0 Å². The van der Waals surface area contributed by atoms with Crippen LogP contribution < -0.4 is 5.32 Å². The van der Waals surface area contributed by atoms with E-state index >= 15 is 0 Å². The lowest BCUT2D eigenvalue weighted by Crippen LogP contribution is -2.51. The normalized spacial score (nSPS) is 38.1. The number of fused-ring (bicyclic) bond motifs is 5. The smallest absolute Gasteiger partial charge is 0.326 e. The first-order valence-electron chi connectivity index (χ1n) is 12.2. The van der Waals surface area contributed by atoms with Gasteiger partial charge < -0.3 is 5.32 Å². The van der Waals surface area contributed by atoms with E-state index in [-0.39, 0.29) is 34.1 Å². The first-order chi connectivity index (χ1) is 15.5. The van der Waals surface area contributed by atoms with Gasteiger partial charge in [-0.05, 0) is 97.8 Å². The lowest BCUT2D eigenvalue weighted by molar-refractivity contribution is -0.137. The maximum atomic E-state index is 13.3. The second kappa shape index (κ2) is 7.71. The number of alkyl halides is 3. The van der Waals surface area contributed by atoms with Gasteiger partial charge in [-0.1, -0.05) is 25.5 Å². The van der Waals surface area contributed by atoms with Crippen LogP contribution >= 0.6 is 0 Å². The number of rotatable bonds is 2. The van der Waals surface area contributed by atoms with E-state index < -0.39 is 11.7 Å². The third-order valence-electron chi connectivity index (χ3n) is 9.74. The van der Waals surface area contributed by atoms with Gasteiger partial charge in [-0.3, -0.25) is 9.59 Å². The van der Waals surface area contributed by atoms with Gasteiger partial charge >= 0.3 is 6.18 Å². The summed E-state index contributed by atoms with van der Waals surface area (Å²) in [6.07, 6.45) is 4.86. The predicted molar refractivity (Wildman–Crippen MR) is 120 cm³/mol. The molecule has 5 rings (SSSR count). The molecule has 3 nitrogen and oxygen atoms in total. The summed E-state index contributed by atoms with van der Waals surface area (Å²) < 4.78 is 39.2. The summed E-state index contributed by atoms with van der Waals surface area (Å²) in [7, 11) is 0. The summed E-state index contributed by atoms with van der Waals surface area (Å²) >= 11 is 0. The maximum Gasteiger partial charge on any atom is 0.416 e. The summed E-state index contributed by atoms with van der Waals surface area (Å²) in [5.41, 5.74) is 0.760. The number of amides is 1. The van der Waals surface area contributed by atoms with Gasteiger partial charge in [-0.2, -0.15) is 13.2 Å². The van der Waals surface area contributed by atoms with Crippen LogP contribution in [0.2, 0.25) is 0 Å². The van der Waals surface area contributed by atoms with Crippen molar-refractivity contribution in [2.75, 3.05) is 5.32 Å². The van der Waals surface area contributed by atoms with Gasteiger partial charge in [0.15, 0.2) is 5.78 Å². The van der Waals surface area contributed by atoms with Crippen molar-refractivity contribution in [2.24, 2.45) is 34.5 Å². The summed E-state index contributed by atoms with van der Waals surface area (Å²) in [5.74, 6) is 1.47. The van der Waals surface area contributed by atoms with Gasteiger partial charge in [-0.15, -0.1) is 0 Å². The Hall–Kier alpha value is -2.11. The fourth-order valence-electron chi connectivity index (χ4n) is 7.99. The quantitative estimate of drug-likeness (QED) is 0.529. The van der Waals surface area contributed by atoms with Crippen molar-refractivity contribution in [3.63, 3.8) is 0 Å². The largest absolute Gasteiger partial charge is 0.416 e. The van der Waals surface area contributed by atoms with Crippen LogP contribution in [-0.2, 0) is 15.8 Å². The Morgan fingerprint density at radius 2 is 1.82 bits per heavy atom. The van der Waals surface area contributed by atoms with Crippen molar-refractivity contribution in [2.45, 2.75) is 71.4 Å². The van der Waals surface area contributed by atoms with Crippen LogP contribution in [0, 0.1) is 34.5 Å². The molecular formula is C27H32F3NO2. The number of halogens is 3. The number of carbonyl (C=O) groups excluding carboxylic acids is 2. The molecule has 1 unspecified atom stereocenters. The Morgan fingerprint density at radius 1 is 1.03 bits per heavy atom. The predicted octanol–water partition coefficient (Wildman–Crippen LogP) is 6.79. The molecule has 0 bridgehead atoms. The molecule has 0 saturated heterocycles. The van der Waals surface area contributed by atoms with Gasteiger partial charge in [0, 0.05) is 18.0 Å². The van der Waals surface area contributed by atoms with Crippen molar-refractivity contribution < 1.29 is 22.8 Å². The Labute approximate surface area is 193 Å². The van der Waals surface area contributed by atoms with Gasteiger partial charge in [0.05, 0.1) is 5.56 Å². The zero-order valence-corrected chi connectivity index (χ0v) is 19.3. The van der Waals surface area contributed by atoms with E-state index in [1.807, 2.05) is 6.08 Å². The number of hydrogen-bond acceptors (Lipinski definition) is 2. The van der Waals surface area contributed by atoms with Crippen molar-refractivity contribution in [3.05, 3.63) is 41.5 Å². The highest BCUT2D eigenvalue weighted by molar-refractivity contribution is 5.93. The van der Waals surface area contributed by atoms with Crippen LogP contribution in [0.3, 0.4) is 0 Å². The fourth-order valence-corrected chi connectivity index (χ4v) is 7.99. The molecule has 0 radical (unpaired) electrons. The average Bonchev–Trinajstić information content (AvgIpc) is 3.11. The summed E-state index contributed by atoms with van der Waals surface area (Å²) in [5, 5.41) is 2.80. The number of nitrogens with one attached hydrogen (secondary N) is 1. The third-order valence-corrected chi connectivity index (χ3v) is 9.74. The van der Waals surface area contributed by atoms with Crippen LogP contribution in [-0.4, -0.2) is 11.7 Å². The standard InChI is InChI=1S/C27H32F3NO2/c1-25-12-10-19(32)15-16(25)6-7-20-21-8-9-23(26(21,2)13-11-22(20)25)24(33)31-18-5-3-4-17(14-18)27(28,29)30/h3-5,14-15,20-23H,6-13H2,1-2H3,(H,31,33)/t20-,21-,22+,23?,25-,26-/m0/s1. The minimum absolute atomic E-state index is 0.0938. The highest BCUT2D eigenvalue weighted by Gasteiger charge is 2.60. The van der Waals surface area contributed by atoms with E-state index in [0.717, 1.165) is 57.1 Å². The molecule has 178 valence electrons. The van der Waals surface area contributed by atoms with E-state index in [1.54, 1.807) is 0 Å². The van der Waals surface area contributed by atoms with Crippen LogP contribution in [0.15, 0.2) is 35.9 Å². The molecule has 3 fully saturated rings. The van der Waals surface area contributed by atoms with E-state index in [4.69, 9.17) is 0 Å². The Bertz CT molecular complexity index is 1010. The molecule has 0 spiro atoms. The maximum absolute atomic E-state index is 13.3. The summed E-state index contributed by atoms with van der Waals surface area (Å²) in [6, 6.07) is 4.91. The molecule has 3 saturated carbocycles. The molecule has 4 aliphatic carbocycles. The van der Waals surface area contributed by atoms with E-state index in [9.17, 15) is 22.8 Å². The molecule has 0 aliphatic heterocycles. The number of anilines is 1. The summed E-state index contributed by atoms with van der Waals surface area (Å²) in [4.78, 5) is 25.3. The fraction of sp³-hybridized carbons (Fsp3) is 0.630. The van der Waals surface area contributed by atoms with Gasteiger partial charge in [-0.25, -0.2) is 0 Å². The second-order valence-corrected chi connectivity index (χ2v) is 11.2. The minimum atomic E-state index is -4.43. The molecule has 0 heterocycles. The van der Waals surface area contributed by atoms with Crippen molar-refractivity contribution >= 4 is 17.4 Å². The number of benzene rings is 1.